The number of hydrogen-bond donors (Lipinski definition) is 0. The number of halogens is 11. The zero-order valence-electron chi connectivity index (χ0n) is 22.1. The number of benzene rings is 2. The van der Waals surface area contributed by atoms with Crippen LogP contribution in [-0.4, -0.2) is 30.8 Å². The molecule has 0 heterocycles. The Morgan fingerprint density at radius 2 is 0.929 bits per heavy atom. The van der Waals surface area contributed by atoms with Crippen LogP contribution in [0, 0.1) is 0 Å². The van der Waals surface area contributed by atoms with E-state index in [9.17, 15) is 51.8 Å². The third-order valence-electron chi connectivity index (χ3n) is 5.07. The first kappa shape index (κ1) is 41.4. The van der Waals surface area contributed by atoms with Crippen LogP contribution in [0.4, 0.5) is 38.9 Å². The molecule has 42 heavy (non-hydrogen) atoms. The van der Waals surface area contributed by atoms with E-state index in [1.165, 1.54) is 0 Å². The smallest absolute Gasteiger partial charge is 0.748 e. The Labute approximate surface area is 268 Å². The Kier molecular flexibility index (Phi) is 13.6. The summed E-state index contributed by atoms with van der Waals surface area (Å²) in [6.45, 7) is 0.254. The van der Waals surface area contributed by atoms with Crippen LogP contribution in [0.5, 0.6) is 11.5 Å². The molecule has 0 amide bonds. The normalized spacial score (nSPS) is 15.4. The van der Waals surface area contributed by atoms with Gasteiger partial charge < -0.3 is 14.0 Å². The maximum Gasteiger partial charge on any atom is 1.00 e. The molecule has 2 rings (SSSR count). The van der Waals surface area contributed by atoms with Crippen LogP contribution in [0.15, 0.2) is 58.3 Å². The minimum atomic E-state index is -9.64. The van der Waals surface area contributed by atoms with Crippen molar-refractivity contribution in [2.75, 3.05) is 17.9 Å². The zero-order valence-corrected chi connectivity index (χ0v) is 28.1. The largest absolute Gasteiger partial charge is 1.00 e. The van der Waals surface area contributed by atoms with E-state index in [0.29, 0.717) is 43.5 Å². The Bertz CT molecular complexity index is 1230. The SMILES string of the molecule is FS(F)(F)(F)(F)c1ccc(OCBr)cc1.O=S(=O)([O-])CCCCCCCCCOc1ccc(S(F)(F)(F)(F)F)cc1.[Na+]. The first-order valence-electron chi connectivity index (χ1n) is 11.6. The van der Waals surface area contributed by atoms with Crippen molar-refractivity contribution in [2.24, 2.45) is 0 Å². The predicted molar refractivity (Wildman–Crippen MR) is 142 cm³/mol. The van der Waals surface area contributed by atoms with Gasteiger partial charge in [0.2, 0.25) is 0 Å². The zero-order chi connectivity index (χ0) is 31.8. The summed E-state index contributed by atoms with van der Waals surface area (Å²) in [6, 6.07) is 4.68. The Balaban J connectivity index is 0.000000894. The third-order valence-corrected chi connectivity index (χ3v) is 8.41. The number of rotatable bonds is 15. The molecule has 0 aliphatic carbocycles. The van der Waals surface area contributed by atoms with Gasteiger partial charge in [0.1, 0.15) is 26.8 Å². The second-order valence-corrected chi connectivity index (χ2v) is 15.5. The molecule has 0 saturated carbocycles. The maximum absolute atomic E-state index is 12.6. The van der Waals surface area contributed by atoms with Crippen molar-refractivity contribution in [1.82, 2.24) is 0 Å². The average molecular weight is 762 g/mol. The van der Waals surface area contributed by atoms with Crippen LogP contribution >= 0.6 is 36.4 Å². The number of unbranched alkanes of at least 4 members (excludes halogenated alkanes) is 6. The molecule has 20 heteroatoms. The van der Waals surface area contributed by atoms with E-state index in [0.717, 1.165) is 49.9 Å². The van der Waals surface area contributed by atoms with Crippen molar-refractivity contribution >= 4 is 46.5 Å². The van der Waals surface area contributed by atoms with Crippen molar-refractivity contribution < 1.29 is 90.9 Å². The number of alkyl halides is 1. The topological polar surface area (TPSA) is 75.7 Å². The van der Waals surface area contributed by atoms with Gasteiger partial charge in [0, 0.05) is 5.75 Å². The minimum absolute atomic E-state index is 0. The van der Waals surface area contributed by atoms with Crippen molar-refractivity contribution in [3.05, 3.63) is 48.5 Å². The van der Waals surface area contributed by atoms with Gasteiger partial charge in [0.05, 0.1) is 16.7 Å². The van der Waals surface area contributed by atoms with Gasteiger partial charge in [-0.05, 0) is 77.3 Å². The van der Waals surface area contributed by atoms with Gasteiger partial charge in [-0.25, -0.2) is 8.42 Å². The van der Waals surface area contributed by atoms with Crippen LogP contribution in [0.1, 0.15) is 44.9 Å². The molecule has 242 valence electrons. The molecule has 0 aliphatic rings. The van der Waals surface area contributed by atoms with E-state index in [2.05, 4.69) is 15.9 Å². The fraction of sp³-hybridized carbons (Fsp3) is 0.455. The molecule has 0 spiro atoms. The molecule has 0 fully saturated rings. The Morgan fingerprint density at radius 3 is 1.26 bits per heavy atom. The van der Waals surface area contributed by atoms with Crippen molar-refractivity contribution in [3.63, 3.8) is 0 Å². The van der Waals surface area contributed by atoms with Crippen molar-refractivity contribution in [1.29, 1.82) is 0 Å². The fourth-order valence-electron chi connectivity index (χ4n) is 3.10. The minimum Gasteiger partial charge on any atom is -0.748 e. The molecular formula is C22H28BrF10NaO5S3. The van der Waals surface area contributed by atoms with Gasteiger partial charge in [-0.1, -0.05) is 71.0 Å². The van der Waals surface area contributed by atoms with Crippen LogP contribution < -0.4 is 39.0 Å². The molecule has 0 unspecified atom stereocenters. The summed E-state index contributed by atoms with van der Waals surface area (Å²) in [6.07, 6.45) is 5.03. The quantitative estimate of drug-likeness (QED) is 0.0604. The van der Waals surface area contributed by atoms with E-state index < -0.39 is 40.4 Å². The van der Waals surface area contributed by atoms with Gasteiger partial charge >= 0.3 is 50.0 Å². The van der Waals surface area contributed by atoms with E-state index in [-0.39, 0.29) is 58.9 Å². The molecule has 0 bridgehead atoms. The summed E-state index contributed by atoms with van der Waals surface area (Å²) in [5.74, 6) is -0.173. The van der Waals surface area contributed by atoms with E-state index >= 15 is 0 Å². The summed E-state index contributed by atoms with van der Waals surface area (Å²) in [4.78, 5) is -3.86. The first-order valence-corrected chi connectivity index (χ1v) is 18.2. The van der Waals surface area contributed by atoms with E-state index in [1.54, 1.807) is 0 Å². The summed E-state index contributed by atoms with van der Waals surface area (Å²) in [7, 11) is -23.3. The summed E-state index contributed by atoms with van der Waals surface area (Å²) >= 11 is 2.88. The van der Waals surface area contributed by atoms with Crippen LogP contribution in [0.25, 0.3) is 0 Å². The van der Waals surface area contributed by atoms with Gasteiger partial charge in [0.25, 0.3) is 0 Å². The standard InChI is InChI=1S/C15H23F5O4S2.C7H6BrF5OS.Na/c16-26(17,18,19,20)15-10-8-14(9-11-15)24-12-6-4-2-1-3-5-7-13-25(21,22)23;8-5-14-6-1-3-7(4-2-6)15(9,10,11,12)13;/h8-11H,1-7,12-13H2,(H,21,22,23);1-4H,5H2;/q;;+1/p-1. The first-order chi connectivity index (χ1) is 18.2. The number of ether oxygens (including phenoxy) is 2. The van der Waals surface area contributed by atoms with Crippen LogP contribution in [0.3, 0.4) is 0 Å². The van der Waals surface area contributed by atoms with Gasteiger partial charge in [-0.2, -0.15) is 0 Å². The molecule has 0 N–H and O–H groups in total. The number of hydrogen-bond acceptors (Lipinski definition) is 5. The van der Waals surface area contributed by atoms with Crippen LogP contribution in [-0.2, 0) is 10.1 Å². The van der Waals surface area contributed by atoms with Crippen LogP contribution in [0.2, 0.25) is 0 Å². The van der Waals surface area contributed by atoms with Crippen molar-refractivity contribution in [2.45, 2.75) is 54.7 Å². The van der Waals surface area contributed by atoms with Gasteiger partial charge in [-0.15, -0.1) is 0 Å². The monoisotopic (exact) mass is 760 g/mol. The molecule has 0 aromatic heterocycles. The molecule has 0 radical (unpaired) electrons. The molecule has 0 aliphatic heterocycles. The van der Waals surface area contributed by atoms with E-state index in [4.69, 9.17) is 9.47 Å². The molecule has 2 aromatic rings. The predicted octanol–water partition coefficient (Wildman–Crippen LogP) is 8.08. The Morgan fingerprint density at radius 1 is 0.595 bits per heavy atom. The van der Waals surface area contributed by atoms with Gasteiger partial charge in [0.15, 0.2) is 0 Å². The molecule has 0 saturated heterocycles. The fourth-order valence-corrected chi connectivity index (χ4v) is 5.23. The molecule has 5 nitrogen and oxygen atoms in total. The third kappa shape index (κ3) is 18.3. The second-order valence-electron chi connectivity index (χ2n) is 8.72. The molecule has 0 atom stereocenters. The second kappa shape index (κ2) is 13.8. The average Bonchev–Trinajstić information content (AvgIpc) is 2.78. The molecule has 2 aromatic carbocycles. The molecular weight excluding hydrogens is 733 g/mol. The van der Waals surface area contributed by atoms with Crippen molar-refractivity contribution in [3.8, 4) is 11.5 Å². The Hall–Kier alpha value is -0.570. The van der Waals surface area contributed by atoms with Gasteiger partial charge in [-0.3, -0.25) is 0 Å². The summed E-state index contributed by atoms with van der Waals surface area (Å²) in [5, 5.41) is 0. The summed E-state index contributed by atoms with van der Waals surface area (Å²) in [5.41, 5.74) is 0.0722. The van der Waals surface area contributed by atoms with E-state index in [1.807, 2.05) is 0 Å². The maximum atomic E-state index is 12.6. The summed E-state index contributed by atoms with van der Waals surface area (Å²) < 4.78 is 165.